The van der Waals surface area contributed by atoms with Crippen molar-refractivity contribution in [3.63, 3.8) is 0 Å². The molecule has 7 rings (SSSR count). The Kier molecular flexibility index (Phi) is 7.94. The fraction of sp³-hybridized carbons (Fsp3) is 0.0882. The molecule has 2 atom stereocenters. The van der Waals surface area contributed by atoms with Crippen LogP contribution in [0.5, 0.6) is 0 Å². The summed E-state index contributed by atoms with van der Waals surface area (Å²) in [5, 5.41) is 33.8. The number of aromatic nitrogens is 2. The maximum Gasteiger partial charge on any atom is 0.157 e. The van der Waals surface area contributed by atoms with E-state index in [4.69, 9.17) is 78.5 Å². The van der Waals surface area contributed by atoms with Gasteiger partial charge in [-0.2, -0.15) is 0 Å². The van der Waals surface area contributed by atoms with Gasteiger partial charge in [-0.1, -0.05) is 76.5 Å². The average molecular weight is 609 g/mol. The molecule has 0 aliphatic heterocycles. The third-order valence-corrected chi connectivity index (χ3v) is 9.34. The van der Waals surface area contributed by atoms with E-state index in [1.165, 1.54) is 4.57 Å². The van der Waals surface area contributed by atoms with Gasteiger partial charge in [0.2, 0.25) is 0 Å². The van der Waals surface area contributed by atoms with Gasteiger partial charge in [0.1, 0.15) is 87.6 Å². The zero-order valence-corrected chi connectivity index (χ0v) is 26.0. The molecule has 0 bridgehead atoms. The quantitative estimate of drug-likeness (QED) is 0.105. The molecule has 3 N–H and O–H groups in total. The van der Waals surface area contributed by atoms with Crippen molar-refractivity contribution in [3.8, 4) is 11.1 Å². The average Bonchev–Trinajstić information content (AvgIpc) is 3.71. The van der Waals surface area contributed by atoms with Gasteiger partial charge in [0, 0.05) is 11.6 Å². The molecule has 5 aromatic carbocycles. The molecule has 210 valence electrons. The minimum Gasteiger partial charge on any atom is -0.387 e. The van der Waals surface area contributed by atoms with Crippen molar-refractivity contribution in [3.05, 3.63) is 84.2 Å². The van der Waals surface area contributed by atoms with Crippen LogP contribution in [-0.4, -0.2) is 109 Å². The maximum absolute atomic E-state index is 11.3. The molecule has 2 unspecified atom stereocenters. The van der Waals surface area contributed by atoms with Gasteiger partial charge in [0.15, 0.2) is 7.85 Å². The minimum absolute atomic E-state index is 0.0469. The minimum atomic E-state index is -3.30. The molecule has 6 aromatic rings. The summed E-state index contributed by atoms with van der Waals surface area (Å²) in [6.45, 7) is 0. The van der Waals surface area contributed by atoms with Crippen LogP contribution < -0.4 is 43.7 Å². The van der Waals surface area contributed by atoms with Gasteiger partial charge in [0.05, 0.1) is 11.0 Å². The molecule has 5 nitrogen and oxygen atoms in total. The lowest BCUT2D eigenvalue weighted by Crippen LogP contribution is -2.54. The molecule has 1 aromatic heterocycles. The Morgan fingerprint density at radius 2 is 1.10 bits per heavy atom. The van der Waals surface area contributed by atoms with E-state index in [1.807, 2.05) is 36.4 Å². The normalized spacial score (nSPS) is 16.1. The highest BCUT2D eigenvalue weighted by molar-refractivity contribution is 6.70. The first-order valence-corrected chi connectivity index (χ1v) is 15.0. The van der Waals surface area contributed by atoms with Crippen LogP contribution in [0.25, 0.3) is 49.4 Å². The Hall–Kier alpha value is -3.90. The fourth-order valence-corrected chi connectivity index (χ4v) is 6.82. The van der Waals surface area contributed by atoms with Crippen LogP contribution in [0.4, 0.5) is 0 Å². The van der Waals surface area contributed by atoms with E-state index in [-0.39, 0.29) is 49.5 Å². The summed E-state index contributed by atoms with van der Waals surface area (Å²) in [5.41, 5.74) is -2.57. The zero-order valence-electron chi connectivity index (χ0n) is 26.0. The second-order valence-corrected chi connectivity index (χ2v) is 12.2. The van der Waals surface area contributed by atoms with Gasteiger partial charge < -0.3 is 15.3 Å². The largest absolute Gasteiger partial charge is 0.387 e. The van der Waals surface area contributed by atoms with Crippen molar-refractivity contribution in [2.75, 3.05) is 0 Å². The van der Waals surface area contributed by atoms with E-state index in [0.717, 1.165) is 0 Å². The lowest BCUT2D eigenvalue weighted by molar-refractivity contribution is -0.188. The Bertz CT molecular complexity index is 2370. The Balaban J connectivity index is 1.71. The third-order valence-electron chi connectivity index (χ3n) is 9.34. The molecule has 49 heavy (non-hydrogen) atoms. The number of imidazole rings is 1. The molecular weight excluding hydrogens is 593 g/mol. The summed E-state index contributed by atoms with van der Waals surface area (Å²) in [7, 11) is 65.0. The monoisotopic (exact) mass is 610 g/mol. The van der Waals surface area contributed by atoms with Crippen LogP contribution in [0.3, 0.4) is 0 Å². The van der Waals surface area contributed by atoms with Crippen LogP contribution in [0, 0.1) is 0 Å². The van der Waals surface area contributed by atoms with Crippen molar-refractivity contribution in [2.24, 2.45) is 0 Å². The zero-order chi connectivity index (χ0) is 35.3. The van der Waals surface area contributed by atoms with Crippen molar-refractivity contribution in [2.45, 2.75) is 17.1 Å². The first-order valence-electron chi connectivity index (χ1n) is 15.0. The van der Waals surface area contributed by atoms with Crippen molar-refractivity contribution < 1.29 is 15.3 Å². The fourth-order valence-electron chi connectivity index (χ4n) is 6.82. The lowest BCUT2D eigenvalue weighted by Gasteiger charge is -2.36. The van der Waals surface area contributed by atoms with Gasteiger partial charge in [-0.15, -0.1) is 21.9 Å². The number of benzene rings is 5. The second kappa shape index (κ2) is 11.6. The molecule has 0 spiro atoms. The third kappa shape index (κ3) is 4.76. The number of aliphatic hydroxyl groups is 3. The topological polar surface area (TPSA) is 78.5 Å². The number of nitrogens with zero attached hydrogens (tertiary/aromatic N) is 2. The highest BCUT2D eigenvalue weighted by Crippen LogP contribution is 2.45. The van der Waals surface area contributed by atoms with E-state index >= 15 is 0 Å². The highest BCUT2D eigenvalue weighted by Gasteiger charge is 2.45. The van der Waals surface area contributed by atoms with E-state index in [9.17, 15) is 15.3 Å². The van der Waals surface area contributed by atoms with Crippen LogP contribution in [0.1, 0.15) is 17.3 Å². The SMILES string of the molecule is [B]c1c([B])c([B])c2c(C3C=CC=C3n3c(C([B])(O)C([B])(O)O)nc4ccccc43)c3c([B])c([B])c([B])c([B])c3c(-c3ccccc3)c2c1[B]. The summed E-state index contributed by atoms with van der Waals surface area (Å²) < 4.78 is 1.48. The summed E-state index contributed by atoms with van der Waals surface area (Å²) in [6, 6.07) is 16.1. The molecule has 0 saturated heterocycles. The van der Waals surface area contributed by atoms with E-state index in [2.05, 4.69) is 4.98 Å². The number of para-hydroxylation sites is 2. The number of hydrogen-bond acceptors (Lipinski definition) is 4. The van der Waals surface area contributed by atoms with Gasteiger partial charge in [-0.25, -0.2) is 4.98 Å². The number of hydrogen-bond donors (Lipinski definition) is 3. The predicted molar refractivity (Wildman–Crippen MR) is 208 cm³/mol. The van der Waals surface area contributed by atoms with E-state index in [0.29, 0.717) is 55.0 Å². The molecular formula is C34H16B10N2O3. The highest BCUT2D eigenvalue weighted by atomic mass is 16.5. The van der Waals surface area contributed by atoms with Crippen LogP contribution in [0.15, 0.2) is 72.8 Å². The summed E-state index contributed by atoms with van der Waals surface area (Å²) in [5.74, 6) is -1.16. The smallest absolute Gasteiger partial charge is 0.157 e. The Morgan fingerprint density at radius 1 is 0.612 bits per heavy atom. The summed E-state index contributed by atoms with van der Waals surface area (Å²) in [6.07, 6.45) is 5.32. The summed E-state index contributed by atoms with van der Waals surface area (Å²) >= 11 is 0. The van der Waals surface area contributed by atoms with Crippen molar-refractivity contribution >= 4 is 160 Å². The molecule has 0 fully saturated rings. The van der Waals surface area contributed by atoms with Crippen molar-refractivity contribution in [1.29, 1.82) is 0 Å². The molecule has 0 amide bonds. The number of fused-ring (bicyclic) bond motifs is 3. The van der Waals surface area contributed by atoms with Crippen LogP contribution in [-0.2, 0) is 5.50 Å². The molecule has 20 radical (unpaired) electrons. The van der Waals surface area contributed by atoms with Crippen LogP contribution >= 0.6 is 0 Å². The molecule has 1 aliphatic rings. The van der Waals surface area contributed by atoms with Gasteiger partial charge in [-0.05, 0) is 56.4 Å². The van der Waals surface area contributed by atoms with Gasteiger partial charge >= 0.3 is 0 Å². The number of allylic oxidation sites excluding steroid dienone is 4. The lowest BCUT2D eigenvalue weighted by atomic mass is 9.59. The summed E-state index contributed by atoms with van der Waals surface area (Å²) in [4.78, 5) is 4.47. The van der Waals surface area contributed by atoms with E-state index in [1.54, 1.807) is 36.4 Å². The first-order chi connectivity index (χ1) is 23.1. The maximum atomic E-state index is 11.3. The number of rotatable bonds is 5. The molecule has 1 heterocycles. The Labute approximate surface area is 296 Å². The Morgan fingerprint density at radius 3 is 1.63 bits per heavy atom. The predicted octanol–water partition coefficient (Wildman–Crippen LogP) is -4.32. The molecule has 15 heteroatoms. The first kappa shape index (κ1) is 33.6. The molecule has 1 aliphatic carbocycles. The van der Waals surface area contributed by atoms with Gasteiger partial charge in [-0.3, -0.25) is 4.57 Å². The van der Waals surface area contributed by atoms with Crippen LogP contribution in [0.2, 0.25) is 0 Å². The second-order valence-electron chi connectivity index (χ2n) is 12.2. The molecule has 0 saturated carbocycles. The standard InChI is InChI=1S/C34H16B10N2O3/c35-24-20-18(13-7-2-1-3-8-13)21-23(27(38)31(42)29(40)25(21)36)19(22(20)26(37)30(41)28(24)39)14-9-6-12-16(14)46-17-11-5-4-10-15(17)45-32(46)33(43,47)34(44,48)49/h1-12,14,47-49H. The van der Waals surface area contributed by atoms with Gasteiger partial charge in [0.25, 0.3) is 0 Å². The van der Waals surface area contributed by atoms with E-state index < -0.39 is 17.1 Å². The van der Waals surface area contributed by atoms with Crippen molar-refractivity contribution in [1.82, 2.24) is 9.55 Å².